The Morgan fingerprint density at radius 2 is 2.00 bits per heavy atom. The first kappa shape index (κ1) is 17.8. The Morgan fingerprint density at radius 3 is 2.62 bits per heavy atom. The van der Waals surface area contributed by atoms with Crippen LogP contribution in [-0.4, -0.2) is 50.7 Å². The first-order valence-electron chi connectivity index (χ1n) is 7.81. The Balaban J connectivity index is 1.87. The lowest BCUT2D eigenvalue weighted by Gasteiger charge is -2.22. The van der Waals surface area contributed by atoms with Gasteiger partial charge in [0.2, 0.25) is 0 Å². The van der Waals surface area contributed by atoms with Crippen LogP contribution in [0, 0.1) is 0 Å². The molecule has 0 bridgehead atoms. The van der Waals surface area contributed by atoms with E-state index in [2.05, 4.69) is 15.6 Å². The molecule has 0 fully saturated rings. The first-order valence-corrected chi connectivity index (χ1v) is 7.81. The molecule has 0 unspecified atom stereocenters. The SMILES string of the molecule is CN(C)c1ncccc1CNC(=O)NC[C@@H](c1ccco1)N(C)C. The number of aromatic nitrogens is 1. The molecule has 0 saturated carbocycles. The summed E-state index contributed by atoms with van der Waals surface area (Å²) in [5, 5.41) is 5.75. The van der Waals surface area contributed by atoms with E-state index in [4.69, 9.17) is 4.42 Å². The summed E-state index contributed by atoms with van der Waals surface area (Å²) in [6, 6.07) is 7.33. The van der Waals surface area contributed by atoms with Gasteiger partial charge in [0.05, 0.1) is 12.3 Å². The summed E-state index contributed by atoms with van der Waals surface area (Å²) in [5.74, 6) is 1.67. The first-order chi connectivity index (χ1) is 11.5. The van der Waals surface area contributed by atoms with Crippen molar-refractivity contribution in [1.82, 2.24) is 20.5 Å². The Bertz CT molecular complexity index is 640. The number of rotatable bonds is 7. The van der Waals surface area contributed by atoms with Gasteiger partial charge in [-0.2, -0.15) is 0 Å². The second kappa shape index (κ2) is 8.35. The number of hydrogen-bond donors (Lipinski definition) is 2. The van der Waals surface area contributed by atoms with E-state index < -0.39 is 0 Å². The summed E-state index contributed by atoms with van der Waals surface area (Å²) in [5.41, 5.74) is 0.966. The van der Waals surface area contributed by atoms with E-state index in [1.54, 1.807) is 12.5 Å². The largest absolute Gasteiger partial charge is 0.468 e. The van der Waals surface area contributed by atoms with Crippen LogP contribution in [0.3, 0.4) is 0 Å². The highest BCUT2D eigenvalue weighted by molar-refractivity contribution is 5.74. The number of likely N-dealkylation sites (N-methyl/N-ethyl adjacent to an activating group) is 1. The zero-order valence-corrected chi connectivity index (χ0v) is 14.6. The zero-order valence-electron chi connectivity index (χ0n) is 14.6. The molecule has 2 aromatic heterocycles. The molecular formula is C17H25N5O2. The van der Waals surface area contributed by atoms with Gasteiger partial charge < -0.3 is 20.0 Å². The van der Waals surface area contributed by atoms with Crippen molar-refractivity contribution in [3.8, 4) is 0 Å². The molecule has 2 aromatic rings. The van der Waals surface area contributed by atoms with E-state index in [0.29, 0.717) is 13.1 Å². The molecule has 0 aliphatic carbocycles. The van der Waals surface area contributed by atoms with Crippen molar-refractivity contribution in [2.24, 2.45) is 0 Å². The molecule has 0 aromatic carbocycles. The monoisotopic (exact) mass is 331 g/mol. The maximum Gasteiger partial charge on any atom is 0.315 e. The van der Waals surface area contributed by atoms with E-state index in [1.807, 2.05) is 62.3 Å². The summed E-state index contributed by atoms with van der Waals surface area (Å²) < 4.78 is 5.43. The quantitative estimate of drug-likeness (QED) is 0.810. The van der Waals surface area contributed by atoms with Crippen LogP contribution in [0.4, 0.5) is 10.6 Å². The number of anilines is 1. The Hall–Kier alpha value is -2.54. The molecule has 2 heterocycles. The molecule has 1 atom stereocenters. The molecule has 2 amide bonds. The average Bonchev–Trinajstić information content (AvgIpc) is 3.07. The molecule has 2 N–H and O–H groups in total. The molecule has 130 valence electrons. The number of nitrogens with one attached hydrogen (secondary N) is 2. The maximum absolute atomic E-state index is 12.1. The van der Waals surface area contributed by atoms with Gasteiger partial charge in [-0.3, -0.25) is 4.90 Å². The van der Waals surface area contributed by atoms with E-state index in [9.17, 15) is 4.79 Å². The van der Waals surface area contributed by atoms with Crippen LogP contribution in [0.25, 0.3) is 0 Å². The fourth-order valence-electron chi connectivity index (χ4n) is 2.42. The van der Waals surface area contributed by atoms with E-state index in [1.165, 1.54) is 0 Å². The summed E-state index contributed by atoms with van der Waals surface area (Å²) in [6.45, 7) is 0.875. The van der Waals surface area contributed by atoms with Crippen molar-refractivity contribution in [3.05, 3.63) is 48.0 Å². The van der Waals surface area contributed by atoms with Gasteiger partial charge in [-0.05, 0) is 32.3 Å². The number of hydrogen-bond acceptors (Lipinski definition) is 5. The predicted molar refractivity (Wildman–Crippen MR) is 93.9 cm³/mol. The standard InChI is InChI=1S/C17H25N5O2/c1-21(2)14(15-8-6-10-24-15)12-20-17(23)19-11-13-7-5-9-18-16(13)22(3)4/h5-10,14H,11-12H2,1-4H3,(H2,19,20,23)/t14-/m0/s1. The minimum Gasteiger partial charge on any atom is -0.468 e. The third kappa shape index (κ3) is 4.73. The van der Waals surface area contributed by atoms with Crippen molar-refractivity contribution < 1.29 is 9.21 Å². The summed E-state index contributed by atoms with van der Waals surface area (Å²) in [7, 11) is 7.76. The van der Waals surface area contributed by atoms with Crippen LogP contribution < -0.4 is 15.5 Å². The lowest BCUT2D eigenvalue weighted by atomic mass is 10.2. The van der Waals surface area contributed by atoms with Crippen LogP contribution in [0.15, 0.2) is 41.1 Å². The average molecular weight is 331 g/mol. The van der Waals surface area contributed by atoms with Gasteiger partial charge in [-0.1, -0.05) is 6.07 Å². The second-order valence-electron chi connectivity index (χ2n) is 5.94. The van der Waals surface area contributed by atoms with Crippen molar-refractivity contribution in [1.29, 1.82) is 0 Å². The molecule has 24 heavy (non-hydrogen) atoms. The number of amides is 2. The fraction of sp³-hybridized carbons (Fsp3) is 0.412. The highest BCUT2D eigenvalue weighted by atomic mass is 16.3. The number of pyridine rings is 1. The van der Waals surface area contributed by atoms with Gasteiger partial charge >= 0.3 is 6.03 Å². The Kier molecular flexibility index (Phi) is 6.20. The van der Waals surface area contributed by atoms with Gasteiger partial charge in [-0.15, -0.1) is 0 Å². The number of nitrogens with zero attached hydrogens (tertiary/aromatic N) is 3. The third-order valence-electron chi connectivity index (χ3n) is 3.68. The van der Waals surface area contributed by atoms with Crippen LogP contribution >= 0.6 is 0 Å². The van der Waals surface area contributed by atoms with Crippen molar-refractivity contribution in [2.45, 2.75) is 12.6 Å². The van der Waals surface area contributed by atoms with E-state index >= 15 is 0 Å². The van der Waals surface area contributed by atoms with E-state index in [0.717, 1.165) is 17.1 Å². The van der Waals surface area contributed by atoms with Gasteiger partial charge in [0.25, 0.3) is 0 Å². The zero-order chi connectivity index (χ0) is 17.5. The predicted octanol–water partition coefficient (Wildman–Crippen LogP) is 1.84. The third-order valence-corrected chi connectivity index (χ3v) is 3.68. The number of carbonyl (C=O) groups excluding carboxylic acids is 1. The lowest BCUT2D eigenvalue weighted by Crippen LogP contribution is -2.40. The Labute approximate surface area is 142 Å². The molecule has 7 heteroatoms. The highest BCUT2D eigenvalue weighted by Gasteiger charge is 2.17. The smallest absolute Gasteiger partial charge is 0.315 e. The summed E-state index contributed by atoms with van der Waals surface area (Å²) in [6.07, 6.45) is 3.38. The van der Waals surface area contributed by atoms with Gasteiger partial charge in [0.1, 0.15) is 11.6 Å². The van der Waals surface area contributed by atoms with Crippen molar-refractivity contribution >= 4 is 11.8 Å². The van der Waals surface area contributed by atoms with Crippen LogP contribution in [0.1, 0.15) is 17.4 Å². The fourth-order valence-corrected chi connectivity index (χ4v) is 2.42. The second-order valence-corrected chi connectivity index (χ2v) is 5.94. The number of furan rings is 1. The van der Waals surface area contributed by atoms with Crippen molar-refractivity contribution in [3.63, 3.8) is 0 Å². The van der Waals surface area contributed by atoms with Gasteiger partial charge in [0, 0.05) is 38.9 Å². The number of carbonyl (C=O) groups is 1. The molecule has 0 aliphatic heterocycles. The molecule has 0 spiro atoms. The van der Waals surface area contributed by atoms with Crippen molar-refractivity contribution in [2.75, 3.05) is 39.6 Å². The molecule has 0 saturated heterocycles. The topological polar surface area (TPSA) is 73.6 Å². The molecular weight excluding hydrogens is 306 g/mol. The molecule has 2 rings (SSSR count). The molecule has 0 radical (unpaired) electrons. The molecule has 0 aliphatic rings. The van der Waals surface area contributed by atoms with Crippen LogP contribution in [-0.2, 0) is 6.54 Å². The summed E-state index contributed by atoms with van der Waals surface area (Å²) in [4.78, 5) is 20.3. The normalized spacial score (nSPS) is 12.0. The highest BCUT2D eigenvalue weighted by Crippen LogP contribution is 2.17. The number of urea groups is 1. The summed E-state index contributed by atoms with van der Waals surface area (Å²) >= 11 is 0. The lowest BCUT2D eigenvalue weighted by molar-refractivity contribution is 0.225. The van der Waals surface area contributed by atoms with Crippen LogP contribution in [0.2, 0.25) is 0 Å². The Morgan fingerprint density at radius 1 is 1.21 bits per heavy atom. The van der Waals surface area contributed by atoms with Gasteiger partial charge in [0.15, 0.2) is 0 Å². The maximum atomic E-state index is 12.1. The molecule has 7 nitrogen and oxygen atoms in total. The minimum absolute atomic E-state index is 0.0125. The minimum atomic E-state index is -0.220. The van der Waals surface area contributed by atoms with Gasteiger partial charge in [-0.25, -0.2) is 9.78 Å². The van der Waals surface area contributed by atoms with Crippen LogP contribution in [0.5, 0.6) is 0 Å². The van der Waals surface area contributed by atoms with E-state index in [-0.39, 0.29) is 12.1 Å².